The molecule has 2 aromatic carbocycles. The second-order valence-corrected chi connectivity index (χ2v) is 9.53. The van der Waals surface area contributed by atoms with Crippen LogP contribution in [0.2, 0.25) is 0 Å². The first-order valence-corrected chi connectivity index (χ1v) is 12.2. The summed E-state index contributed by atoms with van der Waals surface area (Å²) in [7, 11) is 4.01. The van der Waals surface area contributed by atoms with Crippen molar-refractivity contribution in [3.8, 4) is 39.4 Å². The van der Waals surface area contributed by atoms with Gasteiger partial charge >= 0.3 is 0 Å². The van der Waals surface area contributed by atoms with Gasteiger partial charge in [0.25, 0.3) is 0 Å². The molecule has 0 bridgehead atoms. The van der Waals surface area contributed by atoms with E-state index in [1.807, 2.05) is 50.5 Å². The fourth-order valence-corrected chi connectivity index (χ4v) is 4.66. The summed E-state index contributed by atoms with van der Waals surface area (Å²) in [6.45, 7) is 1.55. The summed E-state index contributed by atoms with van der Waals surface area (Å²) in [5.74, 6) is -0.194. The number of aromatic nitrogens is 5. The fraction of sp³-hybridized carbons (Fsp3) is 0.138. The number of nitrogens with zero attached hydrogens (tertiary/aromatic N) is 4. The van der Waals surface area contributed by atoms with Gasteiger partial charge in [-0.05, 0) is 79.3 Å². The van der Waals surface area contributed by atoms with Crippen LogP contribution in [0, 0.1) is 5.82 Å². The van der Waals surface area contributed by atoms with E-state index in [2.05, 4.69) is 35.4 Å². The fourth-order valence-electron chi connectivity index (χ4n) is 4.66. The molecule has 0 aliphatic carbocycles. The number of halogens is 1. The van der Waals surface area contributed by atoms with Gasteiger partial charge in [-0.1, -0.05) is 6.07 Å². The van der Waals surface area contributed by atoms with Crippen LogP contribution in [-0.4, -0.2) is 62.3 Å². The average molecular weight is 508 g/mol. The zero-order chi connectivity index (χ0) is 26.2. The maximum Gasteiger partial charge on any atom is 0.138 e. The third kappa shape index (κ3) is 4.55. The van der Waals surface area contributed by atoms with Crippen molar-refractivity contribution in [3.63, 3.8) is 0 Å². The molecule has 190 valence electrons. The highest BCUT2D eigenvalue weighted by Gasteiger charge is 2.16. The number of aromatic amines is 2. The minimum atomic E-state index is -0.303. The van der Waals surface area contributed by atoms with Gasteiger partial charge in [0, 0.05) is 47.5 Å². The molecule has 0 unspecified atom stereocenters. The topological polar surface area (TPSA) is 106 Å². The van der Waals surface area contributed by atoms with E-state index in [4.69, 9.17) is 0 Å². The van der Waals surface area contributed by atoms with Crippen molar-refractivity contribution in [1.82, 2.24) is 30.0 Å². The normalized spacial score (nSPS) is 11.6. The van der Waals surface area contributed by atoms with Gasteiger partial charge in [-0.3, -0.25) is 10.1 Å². The van der Waals surface area contributed by atoms with Crippen LogP contribution in [0.15, 0.2) is 73.2 Å². The molecule has 0 radical (unpaired) electrons. The Morgan fingerprint density at radius 3 is 2.68 bits per heavy atom. The van der Waals surface area contributed by atoms with Gasteiger partial charge in [0.1, 0.15) is 22.9 Å². The molecule has 0 fully saturated rings. The molecule has 6 aromatic rings. The van der Waals surface area contributed by atoms with Gasteiger partial charge in [0.15, 0.2) is 0 Å². The van der Waals surface area contributed by atoms with Crippen molar-refractivity contribution in [2.24, 2.45) is 0 Å². The van der Waals surface area contributed by atoms with Crippen LogP contribution >= 0.6 is 0 Å². The lowest BCUT2D eigenvalue weighted by Gasteiger charge is -2.13. The first kappa shape index (κ1) is 23.6. The smallest absolute Gasteiger partial charge is 0.138 e. The number of aromatic hydroxyl groups is 1. The van der Waals surface area contributed by atoms with Gasteiger partial charge in [-0.25, -0.2) is 9.37 Å². The number of hydrogen-bond donors (Lipinski definition) is 4. The Kier molecular flexibility index (Phi) is 5.97. The number of anilines is 1. The number of nitrogens with one attached hydrogen (secondary N) is 3. The van der Waals surface area contributed by atoms with Crippen molar-refractivity contribution < 1.29 is 9.50 Å². The minimum absolute atomic E-state index is 0.109. The molecule has 4 aromatic heterocycles. The third-order valence-corrected chi connectivity index (χ3v) is 6.50. The standard InChI is InChI=1S/C29H26FN7O/c1-37(2)8-7-32-21-10-18(9-20(30)13-21)23-5-6-33-29-24(23)14-27(34-29)28-25-12-17(3-4-26(25)35-36-28)19-11-22(38)16-31-15-19/h3-6,9-16,32,38H,7-8H2,1-2H3,(H,33,34)(H,35,36). The van der Waals surface area contributed by atoms with Crippen LogP contribution in [0.4, 0.5) is 10.1 Å². The lowest BCUT2D eigenvalue weighted by atomic mass is 10.0. The number of pyridine rings is 2. The van der Waals surface area contributed by atoms with E-state index >= 15 is 0 Å². The van der Waals surface area contributed by atoms with E-state index in [0.29, 0.717) is 12.2 Å². The second-order valence-electron chi connectivity index (χ2n) is 9.53. The Balaban J connectivity index is 1.40. The van der Waals surface area contributed by atoms with E-state index < -0.39 is 0 Å². The molecule has 0 spiro atoms. The largest absolute Gasteiger partial charge is 0.506 e. The number of likely N-dealkylation sites (N-methyl/N-ethyl adjacent to an activating group) is 1. The van der Waals surface area contributed by atoms with Gasteiger partial charge in [0.2, 0.25) is 0 Å². The number of H-pyrrole nitrogens is 2. The molecule has 9 heteroatoms. The van der Waals surface area contributed by atoms with Crippen LogP contribution < -0.4 is 5.32 Å². The van der Waals surface area contributed by atoms with E-state index in [9.17, 15) is 9.50 Å². The lowest BCUT2D eigenvalue weighted by molar-refractivity contribution is 0.425. The Hall–Kier alpha value is -4.76. The lowest BCUT2D eigenvalue weighted by Crippen LogP contribution is -2.20. The Morgan fingerprint density at radius 1 is 0.947 bits per heavy atom. The molecular weight excluding hydrogens is 481 g/mol. The summed E-state index contributed by atoms with van der Waals surface area (Å²) in [5, 5.41) is 22.6. The van der Waals surface area contributed by atoms with E-state index in [1.165, 1.54) is 18.3 Å². The first-order chi connectivity index (χ1) is 18.4. The van der Waals surface area contributed by atoms with Crippen molar-refractivity contribution in [1.29, 1.82) is 0 Å². The van der Waals surface area contributed by atoms with Gasteiger partial charge in [-0.15, -0.1) is 0 Å². The summed E-state index contributed by atoms with van der Waals surface area (Å²) in [6.07, 6.45) is 4.84. The Bertz CT molecular complexity index is 1770. The highest BCUT2D eigenvalue weighted by atomic mass is 19.1. The molecule has 0 aliphatic heterocycles. The van der Waals surface area contributed by atoms with E-state index in [1.54, 1.807) is 18.5 Å². The number of rotatable bonds is 7. The van der Waals surface area contributed by atoms with Crippen LogP contribution in [0.1, 0.15) is 0 Å². The van der Waals surface area contributed by atoms with Crippen molar-refractivity contribution in [3.05, 3.63) is 79.0 Å². The maximum absolute atomic E-state index is 14.6. The summed E-state index contributed by atoms with van der Waals surface area (Å²) in [5.41, 5.74) is 7.18. The quantitative estimate of drug-likeness (QED) is 0.222. The van der Waals surface area contributed by atoms with Crippen LogP contribution in [0.5, 0.6) is 5.75 Å². The molecule has 0 amide bonds. The molecule has 0 aliphatic rings. The molecule has 0 atom stereocenters. The molecule has 8 nitrogen and oxygen atoms in total. The van der Waals surface area contributed by atoms with Crippen molar-refractivity contribution >= 4 is 27.6 Å². The van der Waals surface area contributed by atoms with Crippen molar-refractivity contribution in [2.75, 3.05) is 32.5 Å². The zero-order valence-corrected chi connectivity index (χ0v) is 21.0. The van der Waals surface area contributed by atoms with Crippen molar-refractivity contribution in [2.45, 2.75) is 0 Å². The summed E-state index contributed by atoms with van der Waals surface area (Å²) >= 11 is 0. The maximum atomic E-state index is 14.6. The highest BCUT2D eigenvalue weighted by Crippen LogP contribution is 2.35. The SMILES string of the molecule is CN(C)CCNc1cc(F)cc(-c2ccnc3[nH]c(-c4n[nH]c5ccc(-c6cncc(O)c6)cc45)cc23)c1. The number of hydrogen-bond acceptors (Lipinski definition) is 6. The molecule has 4 heterocycles. The second kappa shape index (κ2) is 9.60. The molecule has 0 saturated carbocycles. The van der Waals surface area contributed by atoms with Gasteiger partial charge in [0.05, 0.1) is 17.4 Å². The zero-order valence-electron chi connectivity index (χ0n) is 21.0. The Morgan fingerprint density at radius 2 is 1.84 bits per heavy atom. The van der Waals surface area contributed by atoms with Crippen LogP contribution in [-0.2, 0) is 0 Å². The molecule has 0 saturated heterocycles. The molecule has 6 rings (SSSR count). The third-order valence-electron chi connectivity index (χ3n) is 6.50. The summed E-state index contributed by atoms with van der Waals surface area (Å²) in [4.78, 5) is 14.1. The first-order valence-electron chi connectivity index (χ1n) is 12.2. The van der Waals surface area contributed by atoms with Crippen LogP contribution in [0.25, 0.3) is 55.6 Å². The molecule has 4 N–H and O–H groups in total. The summed E-state index contributed by atoms with van der Waals surface area (Å²) in [6, 6.07) is 16.5. The predicted molar refractivity (Wildman–Crippen MR) is 149 cm³/mol. The van der Waals surface area contributed by atoms with Gasteiger partial charge in [-0.2, -0.15) is 5.10 Å². The highest BCUT2D eigenvalue weighted by molar-refractivity contribution is 6.00. The molecule has 38 heavy (non-hydrogen) atoms. The van der Waals surface area contributed by atoms with E-state index in [0.717, 1.165) is 62.2 Å². The average Bonchev–Trinajstić information content (AvgIpc) is 3.51. The number of benzene rings is 2. The predicted octanol–water partition coefficient (Wildman–Crippen LogP) is 5.65. The number of fused-ring (bicyclic) bond motifs is 2. The Labute approximate surface area is 218 Å². The summed E-state index contributed by atoms with van der Waals surface area (Å²) < 4.78 is 14.6. The van der Waals surface area contributed by atoms with Gasteiger partial charge < -0.3 is 20.3 Å². The van der Waals surface area contributed by atoms with E-state index in [-0.39, 0.29) is 11.6 Å². The minimum Gasteiger partial charge on any atom is -0.506 e. The monoisotopic (exact) mass is 507 g/mol. The van der Waals surface area contributed by atoms with Crippen LogP contribution in [0.3, 0.4) is 0 Å². The molecular formula is C29H26FN7O.